The minimum atomic E-state index is 0. The first-order valence-electron chi connectivity index (χ1n) is 22.4. The number of benzene rings is 8. The molecule has 0 aliphatic carbocycles. The molecule has 3 radical (unpaired) electrons. The molecule has 0 nitrogen and oxygen atoms in total. The van der Waals surface area contributed by atoms with E-state index in [-0.39, 0.29) is 26.2 Å². The first-order chi connectivity index (χ1) is 30.9. The fourth-order valence-corrected chi connectivity index (χ4v) is 10.4. The van der Waals surface area contributed by atoms with E-state index in [1.807, 2.05) is 6.07 Å². The zero-order valence-corrected chi connectivity index (χ0v) is 40.7. The SMILES string of the molecule is CC(C)Cc1ccccc1-c1cccc2[cH-]c(-c3ccccc3)cc12.CC(C)Cc1ccccc1-c1cccc2[cH-]c(-c3ccccc3)cc12.[Zr+3].[c-]1cccc2c1[Si]c1ccccc1-2. The van der Waals surface area contributed by atoms with E-state index in [4.69, 9.17) is 0 Å². The van der Waals surface area contributed by atoms with Crippen molar-refractivity contribution in [3.05, 3.63) is 230 Å². The maximum Gasteiger partial charge on any atom is 3.00 e. The van der Waals surface area contributed by atoms with Crippen LogP contribution >= 0.6 is 0 Å². The maximum absolute atomic E-state index is 3.31. The average molecular weight is 917 g/mol. The van der Waals surface area contributed by atoms with E-state index in [1.165, 1.54) is 98.7 Å². The largest absolute Gasteiger partial charge is 3.00 e. The van der Waals surface area contributed by atoms with E-state index in [2.05, 4.69) is 240 Å². The molecule has 0 atom stereocenters. The third-order valence-electron chi connectivity index (χ3n) is 11.9. The zero-order valence-electron chi connectivity index (χ0n) is 37.3. The van der Waals surface area contributed by atoms with E-state index in [0.29, 0.717) is 11.8 Å². The van der Waals surface area contributed by atoms with Crippen molar-refractivity contribution >= 4 is 41.4 Å². The van der Waals surface area contributed by atoms with Gasteiger partial charge in [0.15, 0.2) is 0 Å². The van der Waals surface area contributed by atoms with Crippen LogP contribution in [0.15, 0.2) is 212 Å². The van der Waals surface area contributed by atoms with E-state index in [1.54, 1.807) is 0 Å². The van der Waals surface area contributed by atoms with Gasteiger partial charge >= 0.3 is 26.2 Å². The zero-order chi connectivity index (χ0) is 43.1. The summed E-state index contributed by atoms with van der Waals surface area (Å²) >= 11 is 0. The van der Waals surface area contributed by atoms with Gasteiger partial charge in [0.05, 0.1) is 9.52 Å². The van der Waals surface area contributed by atoms with Crippen LogP contribution in [0.25, 0.3) is 77.2 Å². The number of hydrogen-bond donors (Lipinski definition) is 0. The van der Waals surface area contributed by atoms with Crippen LogP contribution in [-0.2, 0) is 39.0 Å². The van der Waals surface area contributed by atoms with Gasteiger partial charge in [0.1, 0.15) is 0 Å². The molecular weight excluding hydrogens is 864 g/mol. The topological polar surface area (TPSA) is 0 Å². The van der Waals surface area contributed by atoms with Crippen molar-refractivity contribution < 1.29 is 26.2 Å². The Morgan fingerprint density at radius 3 is 1.34 bits per heavy atom. The normalized spacial score (nSPS) is 11.3. The Morgan fingerprint density at radius 2 is 0.844 bits per heavy atom. The van der Waals surface area contributed by atoms with Crippen molar-refractivity contribution in [2.75, 3.05) is 0 Å². The fraction of sp³-hybridized carbons (Fsp3) is 0.129. The summed E-state index contributed by atoms with van der Waals surface area (Å²) in [6.07, 6.45) is 2.22. The Bertz CT molecular complexity index is 2880. The molecule has 10 aromatic rings. The Labute approximate surface area is 402 Å². The standard InChI is InChI=1S/2C25H23.C12H7Si.Zr/c2*1-18(2)15-20-11-6-7-13-23(20)24-14-8-12-21-16-22(17-25(21)24)19-9-4-3-5-10-19;1-3-7-11-9(5-1)10-6-2-4-8-12(10)13-11;/h2*3-14,16-18H,15H2,1-2H3;1-7H;/q3*-1;+3. The molecule has 0 bridgehead atoms. The molecule has 0 spiro atoms. The van der Waals surface area contributed by atoms with Gasteiger partial charge in [-0.05, 0) is 46.9 Å². The monoisotopic (exact) mass is 915 g/mol. The molecule has 1 heterocycles. The van der Waals surface area contributed by atoms with Gasteiger partial charge in [0.25, 0.3) is 0 Å². The van der Waals surface area contributed by atoms with Crippen molar-refractivity contribution in [3.63, 3.8) is 0 Å². The molecule has 1 aliphatic heterocycles. The van der Waals surface area contributed by atoms with E-state index < -0.39 is 0 Å². The number of fused-ring (bicyclic) bond motifs is 5. The molecule has 2 heteroatoms. The molecular formula is C62H53SiZr. The summed E-state index contributed by atoms with van der Waals surface area (Å²) in [5.41, 5.74) is 16.2. The van der Waals surface area contributed by atoms with Gasteiger partial charge in [-0.25, -0.2) is 0 Å². The third-order valence-corrected chi connectivity index (χ3v) is 13.3. The second-order valence-corrected chi connectivity index (χ2v) is 18.8. The number of hydrogen-bond acceptors (Lipinski definition) is 0. The Hall–Kier alpha value is -5.92. The second-order valence-electron chi connectivity index (χ2n) is 17.5. The molecule has 309 valence electrons. The summed E-state index contributed by atoms with van der Waals surface area (Å²) in [6.45, 7) is 9.14. The minimum Gasteiger partial charge on any atom is -0.184 e. The summed E-state index contributed by atoms with van der Waals surface area (Å²) in [5, 5.41) is 8.14. The quantitative estimate of drug-likeness (QED) is 0.105. The van der Waals surface area contributed by atoms with Crippen LogP contribution in [0.4, 0.5) is 0 Å². The van der Waals surface area contributed by atoms with Crippen LogP contribution in [0.2, 0.25) is 0 Å². The van der Waals surface area contributed by atoms with Gasteiger partial charge in [0.2, 0.25) is 0 Å². The summed E-state index contributed by atoms with van der Waals surface area (Å²) in [5.74, 6) is 1.31. The van der Waals surface area contributed by atoms with Gasteiger partial charge in [-0.3, -0.25) is 0 Å². The molecule has 10 aromatic carbocycles. The van der Waals surface area contributed by atoms with Crippen molar-refractivity contribution in [1.29, 1.82) is 0 Å². The van der Waals surface area contributed by atoms with Crippen LogP contribution in [0.3, 0.4) is 0 Å². The summed E-state index contributed by atoms with van der Waals surface area (Å²) < 4.78 is 0. The van der Waals surface area contributed by atoms with Crippen LogP contribution in [0.5, 0.6) is 0 Å². The van der Waals surface area contributed by atoms with Crippen LogP contribution in [0, 0.1) is 17.9 Å². The molecule has 0 amide bonds. The van der Waals surface area contributed by atoms with E-state index >= 15 is 0 Å². The first-order valence-corrected chi connectivity index (χ1v) is 23.4. The van der Waals surface area contributed by atoms with Crippen LogP contribution in [-0.4, -0.2) is 9.52 Å². The van der Waals surface area contributed by atoms with Gasteiger partial charge in [0, 0.05) is 0 Å². The molecule has 0 unspecified atom stereocenters. The molecule has 11 rings (SSSR count). The maximum atomic E-state index is 3.31. The molecule has 1 aliphatic rings. The van der Waals surface area contributed by atoms with Crippen LogP contribution < -0.4 is 10.4 Å². The molecule has 0 N–H and O–H groups in total. The molecule has 64 heavy (non-hydrogen) atoms. The van der Waals surface area contributed by atoms with E-state index in [0.717, 1.165) is 22.4 Å². The fourth-order valence-electron chi connectivity index (χ4n) is 9.06. The van der Waals surface area contributed by atoms with Crippen molar-refractivity contribution in [3.8, 4) is 55.6 Å². The molecule has 0 saturated carbocycles. The van der Waals surface area contributed by atoms with Gasteiger partial charge < -0.3 is 0 Å². The van der Waals surface area contributed by atoms with Gasteiger partial charge in [-0.15, -0.1) is 74.6 Å². The predicted molar refractivity (Wildman–Crippen MR) is 274 cm³/mol. The van der Waals surface area contributed by atoms with E-state index in [9.17, 15) is 0 Å². The smallest absolute Gasteiger partial charge is 0.184 e. The molecule has 0 aromatic heterocycles. The predicted octanol–water partition coefficient (Wildman–Crippen LogP) is 15.3. The van der Waals surface area contributed by atoms with Crippen molar-refractivity contribution in [1.82, 2.24) is 0 Å². The Balaban J connectivity index is 0.000000136. The molecule has 0 fully saturated rings. The summed E-state index contributed by atoms with van der Waals surface area (Å²) in [4.78, 5) is 0. The Kier molecular flexibility index (Phi) is 14.5. The molecule has 0 saturated heterocycles. The second kappa shape index (κ2) is 20.7. The van der Waals surface area contributed by atoms with Gasteiger partial charge in [-0.2, -0.15) is 29.5 Å². The van der Waals surface area contributed by atoms with Gasteiger partial charge in [-0.1, -0.05) is 218 Å². The summed E-state index contributed by atoms with van der Waals surface area (Å²) in [7, 11) is 0.795. The third kappa shape index (κ3) is 10.1. The number of rotatable bonds is 8. The summed E-state index contributed by atoms with van der Waals surface area (Å²) in [6, 6.07) is 79.7. The average Bonchev–Trinajstić information content (AvgIpc) is 4.06. The Morgan fingerprint density at radius 1 is 0.422 bits per heavy atom. The minimum absolute atomic E-state index is 0. The van der Waals surface area contributed by atoms with Crippen LogP contribution in [0.1, 0.15) is 38.8 Å². The van der Waals surface area contributed by atoms with Crippen molar-refractivity contribution in [2.45, 2.75) is 40.5 Å². The van der Waals surface area contributed by atoms with Crippen molar-refractivity contribution in [2.24, 2.45) is 11.8 Å². The first kappa shape index (κ1) is 44.7.